The van der Waals surface area contributed by atoms with Gasteiger partial charge < -0.3 is 10.5 Å². The lowest BCUT2D eigenvalue weighted by atomic mass is 10.1. The maximum absolute atomic E-state index is 11.6. The van der Waals surface area contributed by atoms with Gasteiger partial charge >= 0.3 is 5.97 Å². The summed E-state index contributed by atoms with van der Waals surface area (Å²) >= 11 is 0. The maximum atomic E-state index is 11.6. The molecule has 2 N–H and O–H groups in total. The Bertz CT molecular complexity index is 534. The summed E-state index contributed by atoms with van der Waals surface area (Å²) in [6, 6.07) is 7.07. The van der Waals surface area contributed by atoms with Crippen molar-refractivity contribution in [2.75, 3.05) is 5.73 Å². The highest BCUT2D eigenvalue weighted by atomic mass is 16.6. The lowest BCUT2D eigenvalue weighted by Gasteiger charge is -2.03. The van der Waals surface area contributed by atoms with Crippen LogP contribution in [0.4, 0.5) is 5.69 Å². The molecule has 0 bridgehead atoms. The number of carbonyl (C=O) groups excluding carboxylic acids is 1. The van der Waals surface area contributed by atoms with Crippen molar-refractivity contribution in [2.45, 2.75) is 20.0 Å². The Morgan fingerprint density at radius 3 is 2.67 bits per heavy atom. The normalized spacial score (nSPS) is 10.3. The fourth-order valence-corrected chi connectivity index (χ4v) is 1.38. The van der Waals surface area contributed by atoms with Crippen LogP contribution in [-0.2, 0) is 22.6 Å². The number of nitrogen functional groups attached to an aromatic ring is 1. The number of carbonyl (C=O) groups is 1. The van der Waals surface area contributed by atoms with Crippen molar-refractivity contribution in [1.29, 1.82) is 0 Å². The molecule has 6 heteroatoms. The van der Waals surface area contributed by atoms with Crippen LogP contribution in [0.2, 0.25) is 0 Å². The Labute approximate surface area is 104 Å². The molecule has 94 valence electrons. The van der Waals surface area contributed by atoms with Gasteiger partial charge in [-0.1, -0.05) is 22.4 Å². The van der Waals surface area contributed by atoms with Crippen LogP contribution in [-0.4, -0.2) is 16.3 Å². The van der Waals surface area contributed by atoms with E-state index in [4.69, 9.17) is 10.5 Å². The molecule has 2 rings (SSSR count). The van der Waals surface area contributed by atoms with Gasteiger partial charge in [-0.25, -0.2) is 4.63 Å². The first kappa shape index (κ1) is 12.1. The van der Waals surface area contributed by atoms with Gasteiger partial charge in [-0.15, -0.1) is 0 Å². The first-order valence-corrected chi connectivity index (χ1v) is 5.43. The van der Waals surface area contributed by atoms with Gasteiger partial charge in [0, 0.05) is 5.69 Å². The Kier molecular flexibility index (Phi) is 3.57. The summed E-state index contributed by atoms with van der Waals surface area (Å²) in [5.41, 5.74) is 8.22. The molecule has 0 amide bonds. The summed E-state index contributed by atoms with van der Waals surface area (Å²) in [7, 11) is 0. The summed E-state index contributed by atoms with van der Waals surface area (Å²) in [5.74, 6) is -0.331. The minimum Gasteiger partial charge on any atom is -0.459 e. The molecule has 1 aromatic carbocycles. The number of nitrogens with zero attached hydrogens (tertiary/aromatic N) is 2. The molecule has 0 atom stereocenters. The Morgan fingerprint density at radius 2 is 2.06 bits per heavy atom. The highest BCUT2D eigenvalue weighted by Gasteiger charge is 2.09. The number of hydrogen-bond acceptors (Lipinski definition) is 6. The van der Waals surface area contributed by atoms with Crippen molar-refractivity contribution in [1.82, 2.24) is 10.3 Å². The second-order valence-corrected chi connectivity index (χ2v) is 3.88. The van der Waals surface area contributed by atoms with Gasteiger partial charge in [-0.3, -0.25) is 4.79 Å². The third-order valence-corrected chi connectivity index (χ3v) is 2.44. The smallest absolute Gasteiger partial charge is 0.310 e. The Hall–Kier alpha value is -2.37. The third-order valence-electron chi connectivity index (χ3n) is 2.44. The summed E-state index contributed by atoms with van der Waals surface area (Å²) < 4.78 is 9.57. The molecule has 0 radical (unpaired) electrons. The minimum absolute atomic E-state index is 0.0726. The van der Waals surface area contributed by atoms with Gasteiger partial charge in [0.15, 0.2) is 0 Å². The van der Waals surface area contributed by atoms with Gasteiger partial charge in [-0.05, 0) is 24.6 Å². The number of nitrogens with two attached hydrogens (primary N) is 1. The van der Waals surface area contributed by atoms with Crippen LogP contribution in [0.25, 0.3) is 0 Å². The molecule has 2 aromatic rings. The number of rotatable bonds is 4. The lowest BCUT2D eigenvalue weighted by Crippen LogP contribution is -2.08. The SMILES string of the molecule is Cc1nonc1COC(=O)Cc1ccc(N)cc1. The maximum Gasteiger partial charge on any atom is 0.310 e. The lowest BCUT2D eigenvalue weighted by molar-refractivity contribution is -0.144. The number of hydrogen-bond donors (Lipinski definition) is 1. The van der Waals surface area contributed by atoms with E-state index < -0.39 is 0 Å². The molecule has 0 aliphatic heterocycles. The molecule has 1 aromatic heterocycles. The van der Waals surface area contributed by atoms with E-state index in [1.54, 1.807) is 31.2 Å². The van der Waals surface area contributed by atoms with Gasteiger partial charge in [-0.2, -0.15) is 0 Å². The largest absolute Gasteiger partial charge is 0.459 e. The van der Waals surface area contributed by atoms with Crippen LogP contribution in [0, 0.1) is 6.92 Å². The van der Waals surface area contributed by atoms with Gasteiger partial charge in [0.2, 0.25) is 0 Å². The summed E-state index contributed by atoms with van der Waals surface area (Å²) in [6.45, 7) is 1.81. The predicted octanol–water partition coefficient (Wildman–Crippen LogP) is 1.25. The zero-order valence-corrected chi connectivity index (χ0v) is 9.92. The van der Waals surface area contributed by atoms with E-state index in [2.05, 4.69) is 14.9 Å². The monoisotopic (exact) mass is 247 g/mol. The van der Waals surface area contributed by atoms with E-state index in [9.17, 15) is 4.79 Å². The molecule has 0 spiro atoms. The molecule has 0 aliphatic rings. The van der Waals surface area contributed by atoms with E-state index in [1.165, 1.54) is 0 Å². The molecule has 1 heterocycles. The Balaban J connectivity index is 1.86. The van der Waals surface area contributed by atoms with Gasteiger partial charge in [0.05, 0.1) is 6.42 Å². The van der Waals surface area contributed by atoms with Crippen LogP contribution >= 0.6 is 0 Å². The van der Waals surface area contributed by atoms with Crippen molar-refractivity contribution in [3.8, 4) is 0 Å². The number of ether oxygens (including phenoxy) is 1. The molecule has 18 heavy (non-hydrogen) atoms. The zero-order valence-electron chi connectivity index (χ0n) is 9.92. The predicted molar refractivity (Wildman–Crippen MR) is 63.4 cm³/mol. The fraction of sp³-hybridized carbons (Fsp3) is 0.250. The molecular formula is C12H13N3O3. The van der Waals surface area contributed by atoms with Crippen molar-refractivity contribution >= 4 is 11.7 Å². The van der Waals surface area contributed by atoms with Crippen molar-refractivity contribution in [3.63, 3.8) is 0 Å². The second kappa shape index (κ2) is 5.31. The van der Waals surface area contributed by atoms with E-state index in [0.29, 0.717) is 17.1 Å². The molecule has 6 nitrogen and oxygen atoms in total. The van der Waals surface area contributed by atoms with E-state index in [0.717, 1.165) is 5.56 Å². The standard InChI is InChI=1S/C12H13N3O3/c1-8-11(15-18-14-8)7-17-12(16)6-9-2-4-10(13)5-3-9/h2-5H,6-7,13H2,1H3. The number of benzene rings is 1. The first-order valence-electron chi connectivity index (χ1n) is 5.43. The molecule has 0 aliphatic carbocycles. The second-order valence-electron chi connectivity index (χ2n) is 3.88. The average Bonchev–Trinajstić information content (AvgIpc) is 2.75. The van der Waals surface area contributed by atoms with Crippen LogP contribution in [0.3, 0.4) is 0 Å². The van der Waals surface area contributed by atoms with Crippen molar-refractivity contribution < 1.29 is 14.2 Å². The minimum atomic E-state index is -0.331. The molecule has 0 unspecified atom stereocenters. The molecular weight excluding hydrogens is 234 g/mol. The molecule has 0 saturated heterocycles. The average molecular weight is 247 g/mol. The quantitative estimate of drug-likeness (QED) is 0.645. The van der Waals surface area contributed by atoms with E-state index >= 15 is 0 Å². The van der Waals surface area contributed by atoms with Crippen LogP contribution in [0.1, 0.15) is 17.0 Å². The van der Waals surface area contributed by atoms with Crippen LogP contribution < -0.4 is 5.73 Å². The van der Waals surface area contributed by atoms with E-state index in [-0.39, 0.29) is 19.0 Å². The number of esters is 1. The van der Waals surface area contributed by atoms with E-state index in [1.807, 2.05) is 0 Å². The number of aryl methyl sites for hydroxylation is 1. The summed E-state index contributed by atoms with van der Waals surface area (Å²) in [4.78, 5) is 11.6. The topological polar surface area (TPSA) is 91.2 Å². The van der Waals surface area contributed by atoms with Crippen LogP contribution in [0.5, 0.6) is 0 Å². The van der Waals surface area contributed by atoms with Crippen molar-refractivity contribution in [3.05, 3.63) is 41.2 Å². The molecule has 0 saturated carbocycles. The molecule has 0 fully saturated rings. The highest BCUT2D eigenvalue weighted by molar-refractivity contribution is 5.72. The van der Waals surface area contributed by atoms with Crippen LogP contribution in [0.15, 0.2) is 28.9 Å². The number of anilines is 1. The van der Waals surface area contributed by atoms with Gasteiger partial charge in [0.25, 0.3) is 0 Å². The number of aromatic nitrogens is 2. The zero-order chi connectivity index (χ0) is 13.0. The summed E-state index contributed by atoms with van der Waals surface area (Å²) in [5, 5.41) is 7.22. The highest BCUT2D eigenvalue weighted by Crippen LogP contribution is 2.08. The van der Waals surface area contributed by atoms with Crippen molar-refractivity contribution in [2.24, 2.45) is 0 Å². The third kappa shape index (κ3) is 3.07. The first-order chi connectivity index (χ1) is 8.65. The Morgan fingerprint density at radius 1 is 1.33 bits per heavy atom. The fourth-order valence-electron chi connectivity index (χ4n) is 1.38. The summed E-state index contributed by atoms with van der Waals surface area (Å²) in [6.07, 6.45) is 0.199. The van der Waals surface area contributed by atoms with Gasteiger partial charge in [0.1, 0.15) is 18.0 Å².